The summed E-state index contributed by atoms with van der Waals surface area (Å²) in [5.41, 5.74) is 3.03. The van der Waals surface area contributed by atoms with Gasteiger partial charge in [-0.1, -0.05) is 37.3 Å². The Morgan fingerprint density at radius 1 is 1.23 bits per heavy atom. The van der Waals surface area contributed by atoms with E-state index in [0.717, 1.165) is 16.9 Å². The van der Waals surface area contributed by atoms with Crippen LogP contribution in [0.1, 0.15) is 31.1 Å². The van der Waals surface area contributed by atoms with Crippen LogP contribution in [0.4, 0.5) is 0 Å². The van der Waals surface area contributed by atoms with Gasteiger partial charge >= 0.3 is 0 Å². The van der Waals surface area contributed by atoms with E-state index < -0.39 is 0 Å². The summed E-state index contributed by atoms with van der Waals surface area (Å²) in [5, 5.41) is 12.9. The third-order valence-corrected chi connectivity index (χ3v) is 3.95. The van der Waals surface area contributed by atoms with Crippen molar-refractivity contribution in [3.8, 4) is 11.6 Å². The molecule has 0 radical (unpaired) electrons. The van der Waals surface area contributed by atoms with Gasteiger partial charge in [0.1, 0.15) is 6.61 Å². The number of ether oxygens (including phenoxy) is 1. The number of hydrogen-bond donors (Lipinski definition) is 0. The first-order valence-electron chi connectivity index (χ1n) is 7.41. The second kappa shape index (κ2) is 4.98. The smallest absolute Gasteiger partial charge is 0.239 e. The van der Waals surface area contributed by atoms with Crippen LogP contribution in [0.5, 0.6) is 5.88 Å². The number of benzene rings is 1. The van der Waals surface area contributed by atoms with Crippen LogP contribution >= 0.6 is 0 Å². The fourth-order valence-corrected chi connectivity index (χ4v) is 2.92. The predicted molar refractivity (Wildman–Crippen MR) is 80.9 cm³/mol. The van der Waals surface area contributed by atoms with Gasteiger partial charge in [0, 0.05) is 6.20 Å². The Kier molecular flexibility index (Phi) is 2.96. The van der Waals surface area contributed by atoms with Crippen molar-refractivity contribution < 1.29 is 4.74 Å². The van der Waals surface area contributed by atoms with Crippen LogP contribution in [0.25, 0.3) is 5.69 Å². The Hall–Kier alpha value is -2.63. The maximum atomic E-state index is 5.88. The Bertz CT molecular complexity index is 790. The van der Waals surface area contributed by atoms with Gasteiger partial charge in [-0.15, -0.1) is 10.2 Å². The molecule has 0 aliphatic carbocycles. The molecule has 1 aliphatic rings. The lowest BCUT2D eigenvalue weighted by Crippen LogP contribution is -2.18. The molecule has 3 heterocycles. The largest absolute Gasteiger partial charge is 0.470 e. The van der Waals surface area contributed by atoms with Crippen molar-refractivity contribution in [1.82, 2.24) is 24.8 Å². The maximum Gasteiger partial charge on any atom is 0.239 e. The van der Waals surface area contributed by atoms with E-state index in [0.29, 0.717) is 18.4 Å². The van der Waals surface area contributed by atoms with Crippen LogP contribution in [0.3, 0.4) is 0 Å². The molecule has 0 fully saturated rings. The molecule has 0 saturated carbocycles. The van der Waals surface area contributed by atoms with E-state index in [1.165, 1.54) is 0 Å². The molecule has 22 heavy (non-hydrogen) atoms. The lowest BCUT2D eigenvalue weighted by atomic mass is 9.98. The second-order valence-electron chi connectivity index (χ2n) is 5.82. The molecule has 0 spiro atoms. The van der Waals surface area contributed by atoms with E-state index in [4.69, 9.17) is 4.74 Å². The lowest BCUT2D eigenvalue weighted by Gasteiger charge is -2.19. The standard InChI is InChI=1S/C16H17N5O/c1-11(2)15-14-9-20(12-6-4-3-5-7-12)18-16(14)22-10-13-8-17-19-21(13)15/h3-9,11,15H,10H2,1-2H3. The highest BCUT2D eigenvalue weighted by atomic mass is 16.5. The molecule has 4 rings (SSSR count). The van der Waals surface area contributed by atoms with E-state index in [2.05, 4.69) is 29.3 Å². The molecule has 0 N–H and O–H groups in total. The summed E-state index contributed by atoms with van der Waals surface area (Å²) in [7, 11) is 0. The third-order valence-electron chi connectivity index (χ3n) is 3.95. The molecule has 6 nitrogen and oxygen atoms in total. The van der Waals surface area contributed by atoms with E-state index >= 15 is 0 Å². The van der Waals surface area contributed by atoms with E-state index in [9.17, 15) is 0 Å². The van der Waals surface area contributed by atoms with Crippen LogP contribution in [0, 0.1) is 5.92 Å². The van der Waals surface area contributed by atoms with Gasteiger partial charge in [-0.3, -0.25) is 0 Å². The highest BCUT2D eigenvalue weighted by Gasteiger charge is 2.30. The maximum absolute atomic E-state index is 5.88. The third kappa shape index (κ3) is 1.99. The first-order valence-corrected chi connectivity index (χ1v) is 7.41. The van der Waals surface area contributed by atoms with Crippen molar-refractivity contribution in [1.29, 1.82) is 0 Å². The summed E-state index contributed by atoms with van der Waals surface area (Å²) >= 11 is 0. The summed E-state index contributed by atoms with van der Waals surface area (Å²) in [6, 6.07) is 10.1. The van der Waals surface area contributed by atoms with Crippen molar-refractivity contribution in [3.63, 3.8) is 0 Å². The fourth-order valence-electron chi connectivity index (χ4n) is 2.92. The molecule has 1 unspecified atom stereocenters. The monoisotopic (exact) mass is 295 g/mol. The predicted octanol–water partition coefficient (Wildman–Crippen LogP) is 2.60. The van der Waals surface area contributed by atoms with Gasteiger partial charge in [-0.05, 0) is 18.1 Å². The van der Waals surface area contributed by atoms with Gasteiger partial charge in [0.15, 0.2) is 0 Å². The zero-order chi connectivity index (χ0) is 15.1. The molecule has 6 heteroatoms. The minimum atomic E-state index is 0.0764. The highest BCUT2D eigenvalue weighted by Crippen LogP contribution is 2.36. The molecule has 0 saturated heterocycles. The molecule has 1 aromatic carbocycles. The van der Waals surface area contributed by atoms with Gasteiger partial charge < -0.3 is 4.74 Å². The minimum Gasteiger partial charge on any atom is -0.470 e. The van der Waals surface area contributed by atoms with Gasteiger partial charge in [-0.25, -0.2) is 9.36 Å². The van der Waals surface area contributed by atoms with Crippen LogP contribution in [0.2, 0.25) is 0 Å². The van der Waals surface area contributed by atoms with Crippen LogP contribution in [-0.2, 0) is 6.61 Å². The van der Waals surface area contributed by atoms with Crippen LogP contribution in [0.15, 0.2) is 42.7 Å². The molecule has 1 atom stereocenters. The first kappa shape index (κ1) is 13.1. The van der Waals surface area contributed by atoms with Crippen molar-refractivity contribution in [2.75, 3.05) is 0 Å². The number of fused-ring (bicyclic) bond motifs is 2. The van der Waals surface area contributed by atoms with Gasteiger partial charge in [-0.2, -0.15) is 0 Å². The summed E-state index contributed by atoms with van der Waals surface area (Å²) in [4.78, 5) is 0. The van der Waals surface area contributed by atoms with Crippen LogP contribution < -0.4 is 4.74 Å². The Morgan fingerprint density at radius 2 is 2.05 bits per heavy atom. The summed E-state index contributed by atoms with van der Waals surface area (Å²) in [5.74, 6) is 1.03. The number of nitrogens with zero attached hydrogens (tertiary/aromatic N) is 5. The van der Waals surface area contributed by atoms with Gasteiger partial charge in [0.05, 0.1) is 29.2 Å². The summed E-state index contributed by atoms with van der Waals surface area (Å²) in [6.45, 7) is 4.78. The Balaban J connectivity index is 1.85. The zero-order valence-electron chi connectivity index (χ0n) is 12.5. The number of para-hydroxylation sites is 1. The second-order valence-corrected chi connectivity index (χ2v) is 5.82. The molecule has 3 aromatic rings. The average molecular weight is 295 g/mol. The molecule has 0 amide bonds. The fraction of sp³-hybridized carbons (Fsp3) is 0.312. The van der Waals surface area contributed by atoms with Crippen molar-refractivity contribution in [2.45, 2.75) is 26.5 Å². The summed E-state index contributed by atoms with van der Waals surface area (Å²) in [6.07, 6.45) is 3.79. The summed E-state index contributed by atoms with van der Waals surface area (Å²) < 4.78 is 9.70. The molecule has 1 aliphatic heterocycles. The highest BCUT2D eigenvalue weighted by molar-refractivity contribution is 5.37. The molecule has 112 valence electrons. The van der Waals surface area contributed by atoms with Gasteiger partial charge in [0.2, 0.25) is 5.88 Å². The topological polar surface area (TPSA) is 57.8 Å². The number of aromatic nitrogens is 5. The van der Waals surface area contributed by atoms with Gasteiger partial charge in [0.25, 0.3) is 0 Å². The average Bonchev–Trinajstić information content (AvgIpc) is 3.12. The zero-order valence-corrected chi connectivity index (χ0v) is 12.5. The SMILES string of the molecule is CC(C)C1c2cn(-c3ccccc3)nc2OCc2cnnn21. The number of rotatable bonds is 2. The van der Waals surface area contributed by atoms with Crippen LogP contribution in [-0.4, -0.2) is 24.8 Å². The Labute approximate surface area is 128 Å². The Morgan fingerprint density at radius 3 is 2.82 bits per heavy atom. The molecular formula is C16H17N5O. The van der Waals surface area contributed by atoms with Crippen molar-refractivity contribution in [2.24, 2.45) is 5.92 Å². The normalized spacial score (nSPS) is 16.8. The first-order chi connectivity index (χ1) is 10.7. The molecular weight excluding hydrogens is 278 g/mol. The number of hydrogen-bond acceptors (Lipinski definition) is 4. The molecule has 2 aromatic heterocycles. The molecule has 0 bridgehead atoms. The van der Waals surface area contributed by atoms with E-state index in [-0.39, 0.29) is 6.04 Å². The van der Waals surface area contributed by atoms with E-state index in [1.807, 2.05) is 45.9 Å². The van der Waals surface area contributed by atoms with Crippen molar-refractivity contribution >= 4 is 0 Å². The quantitative estimate of drug-likeness (QED) is 0.729. The minimum absolute atomic E-state index is 0.0764. The van der Waals surface area contributed by atoms with E-state index in [1.54, 1.807) is 6.20 Å². The lowest BCUT2D eigenvalue weighted by molar-refractivity contribution is 0.287. The van der Waals surface area contributed by atoms with Crippen molar-refractivity contribution in [3.05, 3.63) is 54.0 Å².